The molecule has 0 saturated carbocycles. The maximum absolute atomic E-state index is 14.0. The Morgan fingerprint density at radius 3 is 2.88 bits per heavy atom. The van der Waals surface area contributed by atoms with Gasteiger partial charge in [-0.05, 0) is 23.8 Å². The van der Waals surface area contributed by atoms with Gasteiger partial charge in [-0.15, -0.1) is 12.4 Å². The van der Waals surface area contributed by atoms with Crippen molar-refractivity contribution in [3.8, 4) is 11.4 Å². The predicted molar refractivity (Wildman–Crippen MR) is 121 cm³/mol. The summed E-state index contributed by atoms with van der Waals surface area (Å²) in [5, 5.41) is 10.3. The third kappa shape index (κ3) is 5.45. The van der Waals surface area contributed by atoms with E-state index in [1.807, 2.05) is 6.07 Å². The van der Waals surface area contributed by atoms with Crippen molar-refractivity contribution in [2.75, 3.05) is 26.2 Å². The molecule has 2 N–H and O–H groups in total. The lowest BCUT2D eigenvalue weighted by molar-refractivity contribution is 0.0304. The van der Waals surface area contributed by atoms with Crippen LogP contribution in [0.15, 0.2) is 47.0 Å². The van der Waals surface area contributed by atoms with E-state index in [0.717, 1.165) is 0 Å². The van der Waals surface area contributed by atoms with Crippen LogP contribution >= 0.6 is 24.0 Å². The highest BCUT2D eigenvalue weighted by Gasteiger charge is 2.28. The van der Waals surface area contributed by atoms with Crippen LogP contribution in [-0.4, -0.2) is 42.3 Å². The Labute approximate surface area is 196 Å². The fraction of sp³-hybridized carbons (Fsp3) is 0.318. The normalized spacial score (nSPS) is 18.5. The molecule has 0 radical (unpaired) electrons. The van der Waals surface area contributed by atoms with Gasteiger partial charge in [0, 0.05) is 38.0 Å². The molecule has 1 fully saturated rings. The van der Waals surface area contributed by atoms with Gasteiger partial charge in [-0.25, -0.2) is 4.39 Å². The van der Waals surface area contributed by atoms with Crippen LogP contribution in [0, 0.1) is 18.7 Å². The van der Waals surface area contributed by atoms with E-state index in [9.17, 15) is 9.18 Å². The summed E-state index contributed by atoms with van der Waals surface area (Å²) in [7, 11) is 0. The Balaban J connectivity index is 0.00000289. The second-order valence-electron chi connectivity index (χ2n) is 7.32. The third-order valence-electron chi connectivity index (χ3n) is 5.15. The first-order valence-corrected chi connectivity index (χ1v) is 10.4. The number of halogens is 3. The molecule has 32 heavy (non-hydrogen) atoms. The van der Waals surface area contributed by atoms with Gasteiger partial charge in [0.2, 0.25) is 11.7 Å². The van der Waals surface area contributed by atoms with E-state index >= 15 is 0 Å². The summed E-state index contributed by atoms with van der Waals surface area (Å²) in [6.07, 6.45) is -0.378. The third-order valence-corrected chi connectivity index (χ3v) is 5.45. The first kappa shape index (κ1) is 24.1. The molecule has 2 atom stereocenters. The smallest absolute Gasteiger partial charge is 0.252 e. The molecule has 0 spiro atoms. The minimum Gasteiger partial charge on any atom is -0.372 e. The fourth-order valence-corrected chi connectivity index (χ4v) is 3.75. The average molecular weight is 481 g/mol. The lowest BCUT2D eigenvalue weighted by Crippen LogP contribution is -2.36. The van der Waals surface area contributed by atoms with Crippen LogP contribution in [0.4, 0.5) is 4.39 Å². The molecule has 2 heterocycles. The minimum atomic E-state index is -0.493. The topological polar surface area (TPSA) is 89.3 Å². The summed E-state index contributed by atoms with van der Waals surface area (Å²) in [6.45, 7) is 3.80. The number of benzene rings is 2. The summed E-state index contributed by atoms with van der Waals surface area (Å²) in [4.78, 5) is 17.2. The number of hydrogen-bond acceptors (Lipinski definition) is 6. The highest BCUT2D eigenvalue weighted by atomic mass is 35.5. The minimum absolute atomic E-state index is 0. The van der Waals surface area contributed by atoms with Crippen molar-refractivity contribution in [1.82, 2.24) is 20.8 Å². The van der Waals surface area contributed by atoms with Gasteiger partial charge in [0.05, 0.1) is 23.3 Å². The first-order chi connectivity index (χ1) is 15.0. The fourth-order valence-electron chi connectivity index (χ4n) is 3.63. The van der Waals surface area contributed by atoms with Gasteiger partial charge in [0.1, 0.15) is 5.82 Å². The van der Waals surface area contributed by atoms with Gasteiger partial charge < -0.3 is 19.9 Å². The van der Waals surface area contributed by atoms with Crippen molar-refractivity contribution in [3.05, 3.63) is 70.3 Å². The van der Waals surface area contributed by atoms with Crippen molar-refractivity contribution in [2.45, 2.75) is 13.0 Å². The number of aromatic nitrogens is 2. The van der Waals surface area contributed by atoms with Crippen LogP contribution in [0.25, 0.3) is 11.4 Å². The molecule has 1 aromatic heterocycles. The molecule has 1 saturated heterocycles. The SMILES string of the molecule is Cc1nc(-c2ccccc2C(=O)NC[C@@H]2CNCCO[C@H]2c2ccc(Cl)c(F)c2)no1.Cl. The molecular weight excluding hydrogens is 458 g/mol. The van der Waals surface area contributed by atoms with Crippen molar-refractivity contribution in [2.24, 2.45) is 5.92 Å². The lowest BCUT2D eigenvalue weighted by Gasteiger charge is -2.25. The Morgan fingerprint density at radius 1 is 1.31 bits per heavy atom. The summed E-state index contributed by atoms with van der Waals surface area (Å²) in [5.41, 5.74) is 1.72. The summed E-state index contributed by atoms with van der Waals surface area (Å²) in [6, 6.07) is 11.7. The average Bonchev–Trinajstić information content (AvgIpc) is 3.07. The van der Waals surface area contributed by atoms with Gasteiger partial charge >= 0.3 is 0 Å². The highest BCUT2D eigenvalue weighted by molar-refractivity contribution is 6.30. The Bertz CT molecular complexity index is 1080. The summed E-state index contributed by atoms with van der Waals surface area (Å²) < 4.78 is 25.0. The second kappa shape index (κ2) is 10.9. The predicted octanol–water partition coefficient (Wildman–Crippen LogP) is 3.97. The Kier molecular flexibility index (Phi) is 8.20. The Hall–Kier alpha value is -2.52. The molecule has 170 valence electrons. The van der Waals surface area contributed by atoms with Crippen LogP contribution in [0.2, 0.25) is 5.02 Å². The van der Waals surface area contributed by atoms with Crippen molar-refractivity contribution < 1.29 is 18.4 Å². The van der Waals surface area contributed by atoms with E-state index < -0.39 is 5.82 Å². The zero-order valence-corrected chi connectivity index (χ0v) is 18.9. The van der Waals surface area contributed by atoms with Crippen LogP contribution in [0.1, 0.15) is 27.9 Å². The van der Waals surface area contributed by atoms with Crippen molar-refractivity contribution >= 4 is 29.9 Å². The quantitative estimate of drug-likeness (QED) is 0.574. The molecule has 3 aromatic rings. The summed E-state index contributed by atoms with van der Waals surface area (Å²) >= 11 is 5.82. The van der Waals surface area contributed by atoms with E-state index in [4.69, 9.17) is 20.9 Å². The van der Waals surface area contributed by atoms with E-state index in [2.05, 4.69) is 20.8 Å². The molecule has 0 bridgehead atoms. The van der Waals surface area contributed by atoms with Crippen molar-refractivity contribution in [3.63, 3.8) is 0 Å². The number of nitrogens with one attached hydrogen (secondary N) is 2. The van der Waals surface area contributed by atoms with Gasteiger partial charge in [0.25, 0.3) is 5.91 Å². The largest absolute Gasteiger partial charge is 0.372 e. The van der Waals surface area contributed by atoms with E-state index in [1.165, 1.54) is 12.1 Å². The molecule has 1 aliphatic rings. The van der Waals surface area contributed by atoms with Crippen LogP contribution in [0.3, 0.4) is 0 Å². The molecule has 0 aliphatic carbocycles. The molecule has 7 nitrogen and oxygen atoms in total. The number of nitrogens with zero attached hydrogens (tertiary/aromatic N) is 2. The van der Waals surface area contributed by atoms with Gasteiger partial charge in [-0.3, -0.25) is 4.79 Å². The molecule has 4 rings (SSSR count). The molecule has 2 aromatic carbocycles. The van der Waals surface area contributed by atoms with Gasteiger partial charge in [0.15, 0.2) is 0 Å². The van der Waals surface area contributed by atoms with E-state index in [-0.39, 0.29) is 35.4 Å². The van der Waals surface area contributed by atoms with Gasteiger partial charge in [-0.2, -0.15) is 4.98 Å². The number of hydrogen-bond donors (Lipinski definition) is 2. The maximum atomic E-state index is 14.0. The van der Waals surface area contributed by atoms with Gasteiger partial charge in [-0.1, -0.05) is 41.0 Å². The van der Waals surface area contributed by atoms with Crippen LogP contribution < -0.4 is 10.6 Å². The van der Waals surface area contributed by atoms with Crippen LogP contribution in [-0.2, 0) is 4.74 Å². The molecule has 10 heteroatoms. The number of amides is 1. The standard InChI is InChI=1S/C22H22ClFN4O3.ClH/c1-13-27-21(28-31-13)16-4-2-3-5-17(16)22(29)26-12-15-11-25-8-9-30-20(15)14-6-7-18(23)19(24)10-14;/h2-7,10,15,20,25H,8-9,11-12H2,1H3,(H,26,29);1H/t15-,20-;/m0./s1. The zero-order valence-electron chi connectivity index (χ0n) is 17.3. The molecule has 1 amide bonds. The summed E-state index contributed by atoms with van der Waals surface area (Å²) in [5.74, 6) is -0.0794. The number of carbonyl (C=O) groups is 1. The lowest BCUT2D eigenvalue weighted by atomic mass is 9.95. The van der Waals surface area contributed by atoms with E-state index in [0.29, 0.717) is 54.6 Å². The number of rotatable bonds is 5. The zero-order chi connectivity index (χ0) is 21.8. The highest BCUT2D eigenvalue weighted by Crippen LogP contribution is 2.30. The maximum Gasteiger partial charge on any atom is 0.252 e. The molecular formula is C22H23Cl2FN4O3. The number of ether oxygens (including phenoxy) is 1. The Morgan fingerprint density at radius 2 is 2.12 bits per heavy atom. The number of carbonyl (C=O) groups excluding carboxylic acids is 1. The monoisotopic (exact) mass is 480 g/mol. The van der Waals surface area contributed by atoms with E-state index in [1.54, 1.807) is 31.2 Å². The molecule has 1 aliphatic heterocycles. The first-order valence-electron chi connectivity index (χ1n) is 9.98. The second-order valence-corrected chi connectivity index (χ2v) is 7.73. The molecule has 0 unspecified atom stereocenters. The van der Waals surface area contributed by atoms with Crippen molar-refractivity contribution in [1.29, 1.82) is 0 Å². The van der Waals surface area contributed by atoms with Crippen LogP contribution in [0.5, 0.6) is 0 Å². The number of aryl methyl sites for hydroxylation is 1.